The molecule has 0 unspecified atom stereocenters. The van der Waals surface area contributed by atoms with Crippen molar-refractivity contribution in [3.8, 4) is 0 Å². The van der Waals surface area contributed by atoms with Crippen molar-refractivity contribution in [3.63, 3.8) is 0 Å². The van der Waals surface area contributed by atoms with Crippen LogP contribution in [0.15, 0.2) is 47.4 Å². The number of aliphatic hydroxyl groups is 4. The lowest BCUT2D eigenvalue weighted by Gasteiger charge is -2.15. The number of aliphatic hydroxyl groups excluding tert-OH is 4. The molecule has 0 saturated heterocycles. The molecule has 0 atom stereocenters. The molecule has 0 aliphatic rings. The van der Waals surface area contributed by atoms with Gasteiger partial charge in [-0.3, -0.25) is 0 Å². The summed E-state index contributed by atoms with van der Waals surface area (Å²) in [6, 6.07) is 11.6. The molecule has 0 aromatic heterocycles. The van der Waals surface area contributed by atoms with Crippen molar-refractivity contribution < 1.29 is 33.4 Å². The first-order valence-electron chi connectivity index (χ1n) is 6.55. The van der Waals surface area contributed by atoms with E-state index >= 15 is 0 Å². The van der Waals surface area contributed by atoms with Crippen LogP contribution in [0, 0.1) is 0 Å². The van der Waals surface area contributed by atoms with Crippen LogP contribution in [0.4, 0.5) is 0 Å². The summed E-state index contributed by atoms with van der Waals surface area (Å²) in [7, 11) is -6.54. The van der Waals surface area contributed by atoms with E-state index in [0.29, 0.717) is 0 Å². The fraction of sp³-hybridized carbons (Fsp3) is 0.286. The Balaban J connectivity index is 0.000000257. The average Bonchev–Trinajstić information content (AvgIpc) is 2.57. The van der Waals surface area contributed by atoms with E-state index in [2.05, 4.69) is 0 Å². The number of fused-ring (bicyclic) bond motifs is 1. The van der Waals surface area contributed by atoms with Crippen molar-refractivity contribution in [3.05, 3.63) is 42.5 Å². The molecule has 0 radical (unpaired) electrons. The Kier molecular flexibility index (Phi) is 7.50. The minimum atomic E-state index is -4.34. The number of rotatable bonds is 5. The largest absolute Gasteiger partial charge is 0.744 e. The quantitative estimate of drug-likeness (QED) is 0.450. The summed E-state index contributed by atoms with van der Waals surface area (Å²) in [6.07, 6.45) is -1.18. The van der Waals surface area contributed by atoms with Crippen molar-refractivity contribution in [1.82, 2.24) is 0 Å². The van der Waals surface area contributed by atoms with E-state index in [-0.39, 0.29) is 30.3 Å². The Morgan fingerprint density at radius 2 is 1.30 bits per heavy atom. The summed E-state index contributed by atoms with van der Waals surface area (Å²) < 4.78 is 32.2. The molecule has 0 fully saturated rings. The molecule has 0 aliphatic heterocycles. The van der Waals surface area contributed by atoms with Gasteiger partial charge in [0.05, 0.1) is 4.90 Å². The fourth-order valence-electron chi connectivity index (χ4n) is 1.59. The van der Waals surface area contributed by atoms with Gasteiger partial charge in [0.15, 0.2) is 25.4 Å². The Labute approximate surface area is 134 Å². The Morgan fingerprint density at radius 1 is 0.826 bits per heavy atom. The first-order valence-corrected chi connectivity index (χ1v) is 10.5. The van der Waals surface area contributed by atoms with Crippen LogP contribution in [0.3, 0.4) is 0 Å². The number of benzene rings is 2. The maximum atomic E-state index is 10.7. The van der Waals surface area contributed by atoms with Crippen LogP contribution in [-0.2, 0) is 10.1 Å². The van der Waals surface area contributed by atoms with Crippen LogP contribution in [0.2, 0.25) is 0 Å². The lowest BCUT2D eigenvalue weighted by molar-refractivity contribution is 0.288. The lowest BCUT2D eigenvalue weighted by Crippen LogP contribution is -2.10. The van der Waals surface area contributed by atoms with Crippen LogP contribution < -0.4 is 0 Å². The third-order valence-electron chi connectivity index (χ3n) is 3.21. The van der Waals surface area contributed by atoms with Gasteiger partial charge in [0.2, 0.25) is 0 Å². The topological polar surface area (TPSA) is 138 Å². The van der Waals surface area contributed by atoms with Crippen molar-refractivity contribution in [1.29, 1.82) is 0 Å². The molecule has 0 amide bonds. The Hall–Kier alpha value is -1.12. The van der Waals surface area contributed by atoms with E-state index in [9.17, 15) is 13.0 Å². The van der Waals surface area contributed by atoms with Crippen LogP contribution in [0.1, 0.15) is 0 Å². The van der Waals surface area contributed by atoms with E-state index in [0.717, 1.165) is 10.8 Å². The van der Waals surface area contributed by atoms with Gasteiger partial charge >= 0.3 is 0 Å². The van der Waals surface area contributed by atoms with Gasteiger partial charge in [0.1, 0.15) is 17.4 Å². The second kappa shape index (κ2) is 8.65. The third-order valence-corrected chi connectivity index (χ3v) is 6.44. The third kappa shape index (κ3) is 5.47. The predicted octanol–water partition coefficient (Wildman–Crippen LogP) is 0.547. The maximum absolute atomic E-state index is 10.7. The minimum Gasteiger partial charge on any atom is -0.744 e. The van der Waals surface area contributed by atoms with E-state index in [1.165, 1.54) is 12.1 Å². The molecule has 0 spiro atoms. The molecule has 2 aromatic rings. The van der Waals surface area contributed by atoms with Crippen LogP contribution in [0.25, 0.3) is 10.8 Å². The molecule has 0 saturated carbocycles. The summed E-state index contributed by atoms with van der Waals surface area (Å²) >= 11 is 0. The molecule has 128 valence electrons. The van der Waals surface area contributed by atoms with Crippen LogP contribution in [-0.4, -0.2) is 58.8 Å². The molecule has 0 heterocycles. The molecule has 4 N–H and O–H groups in total. The maximum Gasteiger partial charge on any atom is 0.161 e. The Morgan fingerprint density at radius 3 is 1.70 bits per heavy atom. The van der Waals surface area contributed by atoms with Gasteiger partial charge in [-0.2, -0.15) is 0 Å². The van der Waals surface area contributed by atoms with Crippen molar-refractivity contribution in [2.24, 2.45) is 0 Å². The molecule has 9 heteroatoms. The molecular weight excluding hydrogens is 343 g/mol. The first kappa shape index (κ1) is 19.9. The minimum absolute atomic E-state index is 0.184. The summed E-state index contributed by atoms with van der Waals surface area (Å²) in [4.78, 5) is -0.184. The van der Waals surface area contributed by atoms with E-state index in [1.54, 1.807) is 18.2 Å². The van der Waals surface area contributed by atoms with Crippen molar-refractivity contribution >= 4 is 28.2 Å². The number of hydrogen-bond donors (Lipinski definition) is 4. The van der Waals surface area contributed by atoms with Gasteiger partial charge in [0, 0.05) is 0 Å². The van der Waals surface area contributed by atoms with Crippen LogP contribution in [0.5, 0.6) is 0 Å². The monoisotopic (exact) mass is 362 g/mol. The standard InChI is InChI=1S/C10H8O3S.C4H12O4P/c11-14(12,13)10-6-5-8-3-1-2-4-9(8)7-10;5-1-9(2-6,3-7)4-8/h1-7H,(H,11,12,13);5-8H,1-4H2/q;+1/p-1. The zero-order valence-electron chi connectivity index (χ0n) is 12.2. The second-order valence-electron chi connectivity index (χ2n) is 4.87. The molecular formula is C14H19O7PS. The van der Waals surface area contributed by atoms with Gasteiger partial charge in [-0.25, -0.2) is 8.42 Å². The van der Waals surface area contributed by atoms with Crippen molar-refractivity contribution in [2.75, 3.05) is 25.4 Å². The van der Waals surface area contributed by atoms with Crippen molar-refractivity contribution in [2.45, 2.75) is 4.90 Å². The van der Waals surface area contributed by atoms with E-state index in [1.807, 2.05) is 12.1 Å². The summed E-state index contributed by atoms with van der Waals surface area (Å²) in [5.41, 5.74) is 0. The average molecular weight is 362 g/mol. The highest BCUT2D eigenvalue weighted by molar-refractivity contribution is 7.85. The highest BCUT2D eigenvalue weighted by Crippen LogP contribution is 2.54. The smallest absolute Gasteiger partial charge is 0.161 e. The molecule has 2 aromatic carbocycles. The first-order chi connectivity index (χ1) is 10.8. The molecule has 0 bridgehead atoms. The van der Waals surface area contributed by atoms with E-state index < -0.39 is 17.4 Å². The Bertz CT molecular complexity index is 711. The lowest BCUT2D eigenvalue weighted by atomic mass is 10.1. The zero-order valence-corrected chi connectivity index (χ0v) is 13.9. The SMILES string of the molecule is O=S(=O)([O-])c1ccc2ccccc2c1.OC[P+](CO)(CO)CO. The summed E-state index contributed by atoms with van der Waals surface area (Å²) in [5.74, 6) is 0. The van der Waals surface area contributed by atoms with Gasteiger partial charge in [0.25, 0.3) is 0 Å². The molecule has 23 heavy (non-hydrogen) atoms. The van der Waals surface area contributed by atoms with Crippen LogP contribution >= 0.6 is 7.26 Å². The molecule has 7 nitrogen and oxygen atoms in total. The second-order valence-corrected chi connectivity index (χ2v) is 10.1. The zero-order chi connectivity index (χ0) is 17.5. The summed E-state index contributed by atoms with van der Waals surface area (Å²) in [6.45, 7) is 0. The van der Waals surface area contributed by atoms with Gasteiger partial charge in [-0.15, -0.1) is 0 Å². The molecule has 2 rings (SSSR count). The van der Waals surface area contributed by atoms with Gasteiger partial charge < -0.3 is 25.0 Å². The fourth-order valence-corrected chi connectivity index (χ4v) is 2.63. The molecule has 0 aliphatic carbocycles. The highest BCUT2D eigenvalue weighted by atomic mass is 32.2. The van der Waals surface area contributed by atoms with Gasteiger partial charge in [-0.1, -0.05) is 30.3 Å². The highest BCUT2D eigenvalue weighted by Gasteiger charge is 2.34. The van der Waals surface area contributed by atoms with Gasteiger partial charge in [-0.05, 0) is 22.9 Å². The summed E-state index contributed by atoms with van der Waals surface area (Å²) in [5, 5.41) is 35.9. The predicted molar refractivity (Wildman–Crippen MR) is 87.2 cm³/mol. The number of hydrogen-bond acceptors (Lipinski definition) is 7. The van der Waals surface area contributed by atoms with E-state index in [4.69, 9.17) is 20.4 Å². The normalized spacial score (nSPS) is 11.9.